The summed E-state index contributed by atoms with van der Waals surface area (Å²) in [6.07, 6.45) is 0.656. The molecule has 0 aromatic heterocycles. The second kappa shape index (κ2) is 4.94. The lowest BCUT2D eigenvalue weighted by Crippen LogP contribution is -2.55. The molecule has 5 nitrogen and oxygen atoms in total. The van der Waals surface area contributed by atoms with Crippen LogP contribution in [-0.2, 0) is 9.53 Å². The lowest BCUT2D eigenvalue weighted by molar-refractivity contribution is -0.312. The van der Waals surface area contributed by atoms with Gasteiger partial charge in [-0.2, -0.15) is 0 Å². The van der Waals surface area contributed by atoms with Crippen LogP contribution in [0.15, 0.2) is 0 Å². The van der Waals surface area contributed by atoms with Gasteiger partial charge < -0.3 is 14.6 Å². The number of carboxylic acids is 1. The second-order valence-electron chi connectivity index (χ2n) is 5.64. The van der Waals surface area contributed by atoms with E-state index in [1.807, 2.05) is 6.92 Å². The minimum absolute atomic E-state index is 0.289. The number of carboxylic acid groups (broad SMARTS) is 1. The van der Waals surface area contributed by atoms with Crippen LogP contribution in [0, 0.1) is 5.92 Å². The number of carbonyl (C=O) groups is 2. The molecule has 0 saturated carbocycles. The standard InChI is InChI=1S/C12H21NO4/c1-8-5-6-13(9(7-8)10(14)15)11(16)17-12(2,3)4/h8-9H,5-7H2,1-4H3,(H,14,15)/p-1/t8?,9-/m0/s1. The maximum atomic E-state index is 11.8. The molecule has 17 heavy (non-hydrogen) atoms. The van der Waals surface area contributed by atoms with Gasteiger partial charge in [-0.15, -0.1) is 0 Å². The fourth-order valence-electron chi connectivity index (χ4n) is 1.90. The quantitative estimate of drug-likeness (QED) is 0.681. The maximum Gasteiger partial charge on any atom is 0.410 e. The summed E-state index contributed by atoms with van der Waals surface area (Å²) in [6, 6.07) is -0.867. The first kappa shape index (κ1) is 13.8. The second-order valence-corrected chi connectivity index (χ2v) is 5.64. The first-order valence-corrected chi connectivity index (χ1v) is 5.91. The number of hydrogen-bond donors (Lipinski definition) is 0. The number of likely N-dealkylation sites (tertiary alicyclic amines) is 1. The topological polar surface area (TPSA) is 69.7 Å². The molecule has 0 aromatic carbocycles. The van der Waals surface area contributed by atoms with E-state index >= 15 is 0 Å². The van der Waals surface area contributed by atoms with Gasteiger partial charge in [-0.3, -0.25) is 4.90 Å². The Kier molecular flexibility index (Phi) is 4.01. The molecule has 0 aromatic rings. The van der Waals surface area contributed by atoms with E-state index in [9.17, 15) is 14.7 Å². The Morgan fingerprint density at radius 2 is 1.94 bits per heavy atom. The summed E-state index contributed by atoms with van der Waals surface area (Å²) >= 11 is 0. The number of nitrogens with zero attached hydrogens (tertiary/aromatic N) is 1. The van der Waals surface area contributed by atoms with Crippen molar-refractivity contribution in [3.05, 3.63) is 0 Å². The van der Waals surface area contributed by atoms with E-state index in [0.717, 1.165) is 6.42 Å². The fourth-order valence-corrected chi connectivity index (χ4v) is 1.90. The minimum Gasteiger partial charge on any atom is -0.548 e. The molecule has 1 unspecified atom stereocenters. The molecule has 1 aliphatic heterocycles. The monoisotopic (exact) mass is 242 g/mol. The van der Waals surface area contributed by atoms with Crippen LogP contribution in [0.25, 0.3) is 0 Å². The number of rotatable bonds is 1. The highest BCUT2D eigenvalue weighted by Crippen LogP contribution is 2.24. The molecule has 2 atom stereocenters. The smallest absolute Gasteiger partial charge is 0.410 e. The minimum atomic E-state index is -1.21. The van der Waals surface area contributed by atoms with Crippen molar-refractivity contribution in [2.45, 2.75) is 52.2 Å². The predicted molar refractivity (Wildman–Crippen MR) is 60.1 cm³/mol. The number of piperidine rings is 1. The molecule has 98 valence electrons. The zero-order valence-corrected chi connectivity index (χ0v) is 10.9. The average Bonchev–Trinajstić information content (AvgIpc) is 2.14. The van der Waals surface area contributed by atoms with Crippen LogP contribution in [0.2, 0.25) is 0 Å². The average molecular weight is 242 g/mol. The molecule has 5 heteroatoms. The molecule has 0 radical (unpaired) electrons. The summed E-state index contributed by atoms with van der Waals surface area (Å²) in [6.45, 7) is 7.65. The lowest BCUT2D eigenvalue weighted by Gasteiger charge is -2.39. The molecule has 0 spiro atoms. The van der Waals surface area contributed by atoms with Crippen LogP contribution >= 0.6 is 0 Å². The Bertz CT molecular complexity index is 308. The van der Waals surface area contributed by atoms with Gasteiger partial charge in [0.1, 0.15) is 5.60 Å². The fraction of sp³-hybridized carbons (Fsp3) is 0.833. The summed E-state index contributed by atoms with van der Waals surface area (Å²) in [5.74, 6) is -0.918. The normalized spacial score (nSPS) is 25.5. The van der Waals surface area contributed by atoms with Crippen LogP contribution in [0.1, 0.15) is 40.5 Å². The van der Waals surface area contributed by atoms with Crippen molar-refractivity contribution in [1.82, 2.24) is 4.90 Å². The van der Waals surface area contributed by atoms with Gasteiger partial charge in [0.05, 0.1) is 12.0 Å². The van der Waals surface area contributed by atoms with E-state index < -0.39 is 23.7 Å². The molecule has 1 fully saturated rings. The molecule has 0 N–H and O–H groups in total. The summed E-state index contributed by atoms with van der Waals surface area (Å²) in [5, 5.41) is 11.0. The van der Waals surface area contributed by atoms with Crippen molar-refractivity contribution in [3.8, 4) is 0 Å². The van der Waals surface area contributed by atoms with Gasteiger partial charge in [-0.05, 0) is 39.5 Å². The molecular weight excluding hydrogens is 222 g/mol. The first-order chi connectivity index (χ1) is 7.70. The van der Waals surface area contributed by atoms with Crippen molar-refractivity contribution >= 4 is 12.1 Å². The highest BCUT2D eigenvalue weighted by atomic mass is 16.6. The molecular formula is C12H20NO4-. The summed E-state index contributed by atoms with van der Waals surface area (Å²) in [4.78, 5) is 24.1. The van der Waals surface area contributed by atoms with E-state index in [4.69, 9.17) is 4.74 Å². The summed E-state index contributed by atoms with van der Waals surface area (Å²) in [7, 11) is 0. The zero-order chi connectivity index (χ0) is 13.2. The van der Waals surface area contributed by atoms with Crippen LogP contribution in [-0.4, -0.2) is 35.2 Å². The third-order valence-corrected chi connectivity index (χ3v) is 2.76. The van der Waals surface area contributed by atoms with Crippen molar-refractivity contribution in [1.29, 1.82) is 0 Å². The van der Waals surface area contributed by atoms with E-state index in [1.165, 1.54) is 4.90 Å². The Morgan fingerprint density at radius 1 is 1.35 bits per heavy atom. The summed E-state index contributed by atoms with van der Waals surface area (Å²) in [5.41, 5.74) is -0.614. The van der Waals surface area contributed by atoms with E-state index in [-0.39, 0.29) is 5.92 Å². The summed E-state index contributed by atoms with van der Waals surface area (Å²) < 4.78 is 5.19. The van der Waals surface area contributed by atoms with Gasteiger partial charge >= 0.3 is 6.09 Å². The predicted octanol–water partition coefficient (Wildman–Crippen LogP) is 0.772. The third-order valence-electron chi connectivity index (χ3n) is 2.76. The molecule has 0 aliphatic carbocycles. The number of ether oxygens (including phenoxy) is 1. The van der Waals surface area contributed by atoms with Gasteiger partial charge in [0, 0.05) is 6.54 Å². The van der Waals surface area contributed by atoms with Gasteiger partial charge in [0.2, 0.25) is 0 Å². The highest BCUT2D eigenvalue weighted by molar-refractivity contribution is 5.79. The van der Waals surface area contributed by atoms with Crippen LogP contribution in [0.3, 0.4) is 0 Å². The Hall–Kier alpha value is -1.26. The Labute approximate surface area is 102 Å². The van der Waals surface area contributed by atoms with Crippen LogP contribution in [0.4, 0.5) is 4.79 Å². The SMILES string of the molecule is CC1CCN(C(=O)OC(C)(C)C)[C@H](C(=O)[O-])C1. The van der Waals surface area contributed by atoms with Gasteiger partial charge in [0.15, 0.2) is 0 Å². The molecule has 1 aliphatic rings. The number of hydrogen-bond acceptors (Lipinski definition) is 4. The largest absolute Gasteiger partial charge is 0.548 e. The molecule has 1 heterocycles. The Balaban J connectivity index is 2.73. The number of amides is 1. The Morgan fingerprint density at radius 3 is 2.41 bits per heavy atom. The number of carbonyl (C=O) groups excluding carboxylic acids is 2. The van der Waals surface area contributed by atoms with E-state index in [2.05, 4.69) is 0 Å². The van der Waals surface area contributed by atoms with E-state index in [0.29, 0.717) is 13.0 Å². The van der Waals surface area contributed by atoms with Gasteiger partial charge in [-0.25, -0.2) is 4.79 Å². The van der Waals surface area contributed by atoms with Crippen LogP contribution in [0.5, 0.6) is 0 Å². The first-order valence-electron chi connectivity index (χ1n) is 5.91. The highest BCUT2D eigenvalue weighted by Gasteiger charge is 2.33. The number of aliphatic carboxylic acids is 1. The molecule has 1 saturated heterocycles. The molecule has 1 amide bonds. The van der Waals surface area contributed by atoms with Crippen molar-refractivity contribution < 1.29 is 19.4 Å². The van der Waals surface area contributed by atoms with Crippen LogP contribution < -0.4 is 5.11 Å². The lowest BCUT2D eigenvalue weighted by atomic mass is 9.93. The molecule has 0 bridgehead atoms. The van der Waals surface area contributed by atoms with Gasteiger partial charge in [0.25, 0.3) is 0 Å². The van der Waals surface area contributed by atoms with Crippen molar-refractivity contribution in [2.75, 3.05) is 6.54 Å². The van der Waals surface area contributed by atoms with Crippen molar-refractivity contribution in [2.24, 2.45) is 5.92 Å². The van der Waals surface area contributed by atoms with E-state index in [1.54, 1.807) is 20.8 Å². The third kappa shape index (κ3) is 3.91. The maximum absolute atomic E-state index is 11.8. The molecule has 1 rings (SSSR count). The van der Waals surface area contributed by atoms with Gasteiger partial charge in [-0.1, -0.05) is 6.92 Å². The zero-order valence-electron chi connectivity index (χ0n) is 10.9. The van der Waals surface area contributed by atoms with Crippen molar-refractivity contribution in [3.63, 3.8) is 0 Å².